The first-order valence-electron chi connectivity index (χ1n) is 7.60. The van der Waals surface area contributed by atoms with Crippen LogP contribution in [-0.4, -0.2) is 9.55 Å². The van der Waals surface area contributed by atoms with Gasteiger partial charge in [-0.2, -0.15) is 0 Å². The summed E-state index contributed by atoms with van der Waals surface area (Å²) in [6, 6.07) is 3.08. The number of rotatable bonds is 2. The molecule has 3 aliphatic rings. The molecule has 0 radical (unpaired) electrons. The Kier molecular flexibility index (Phi) is 2.28. The molecule has 3 aliphatic carbocycles. The van der Waals surface area contributed by atoms with Crippen LogP contribution in [0.3, 0.4) is 0 Å². The molecule has 4 nitrogen and oxygen atoms in total. The molecule has 5 rings (SSSR count). The average Bonchev–Trinajstić information content (AvgIpc) is 3.35. The Labute approximate surface area is 136 Å². The van der Waals surface area contributed by atoms with Crippen molar-refractivity contribution in [1.82, 2.24) is 9.55 Å². The van der Waals surface area contributed by atoms with E-state index in [0.717, 1.165) is 0 Å². The Hall–Kier alpha value is -1.26. The minimum atomic E-state index is -0.352. The summed E-state index contributed by atoms with van der Waals surface area (Å²) in [7, 11) is 0. The van der Waals surface area contributed by atoms with E-state index in [2.05, 4.69) is 4.98 Å². The molecule has 0 atom stereocenters. The van der Waals surface area contributed by atoms with Gasteiger partial charge in [0.1, 0.15) is 0 Å². The molecule has 22 heavy (non-hydrogen) atoms. The molecular weight excluding hydrogens is 323 g/mol. The van der Waals surface area contributed by atoms with Crippen LogP contribution < -0.4 is 11.2 Å². The van der Waals surface area contributed by atoms with Crippen molar-refractivity contribution in [3.05, 3.63) is 43.0 Å². The summed E-state index contributed by atoms with van der Waals surface area (Å²) >= 11 is 12.0. The summed E-state index contributed by atoms with van der Waals surface area (Å²) in [6.07, 6.45) is 5.05. The van der Waals surface area contributed by atoms with Crippen LogP contribution in [0.25, 0.3) is 10.9 Å². The Morgan fingerprint density at radius 3 is 2.27 bits per heavy atom. The highest BCUT2D eigenvalue weighted by molar-refractivity contribution is 6.42. The van der Waals surface area contributed by atoms with Gasteiger partial charge in [-0.3, -0.25) is 9.36 Å². The van der Waals surface area contributed by atoms with Gasteiger partial charge >= 0.3 is 5.69 Å². The molecule has 114 valence electrons. The zero-order chi connectivity index (χ0) is 15.3. The molecule has 3 fully saturated rings. The number of hydrogen-bond acceptors (Lipinski definition) is 2. The molecule has 0 unspecified atom stereocenters. The summed E-state index contributed by atoms with van der Waals surface area (Å²) in [5.74, 6) is 0.499. The number of nitrogens with one attached hydrogen (secondary N) is 1. The normalized spacial score (nSPS) is 23.4. The SMILES string of the molecule is O=c1[nH]c2cc(Cl)c(Cl)cc2c(=O)n1CC1C2(CC2)C12CC2. The number of hydrogen-bond donors (Lipinski definition) is 1. The smallest absolute Gasteiger partial charge is 0.307 e. The fraction of sp³-hybridized carbons (Fsp3) is 0.500. The van der Waals surface area contributed by atoms with E-state index in [1.807, 2.05) is 0 Å². The molecule has 3 saturated carbocycles. The second-order valence-corrected chi connectivity index (χ2v) is 7.84. The number of aromatic amines is 1. The third-order valence-electron chi connectivity index (χ3n) is 6.21. The predicted octanol–water partition coefficient (Wildman–Crippen LogP) is 3.19. The summed E-state index contributed by atoms with van der Waals surface area (Å²) in [5.41, 5.74) is 0.751. The standard InChI is InChI=1S/C16H14Cl2N2O2/c17-9-5-8-11(6-10(9)18)19-14(22)20(13(8)21)7-12-15(1-2-15)16(12)3-4-16/h5-6,12H,1-4,7H2,(H,19,22). The lowest BCUT2D eigenvalue weighted by Crippen LogP contribution is -2.36. The Bertz CT molecular complexity index is 933. The molecule has 2 aromatic rings. The first kappa shape index (κ1) is 13.2. The summed E-state index contributed by atoms with van der Waals surface area (Å²) in [5, 5.41) is 1.08. The van der Waals surface area contributed by atoms with Crippen molar-refractivity contribution in [3.63, 3.8) is 0 Å². The molecule has 1 aromatic carbocycles. The zero-order valence-corrected chi connectivity index (χ0v) is 13.3. The third kappa shape index (κ3) is 1.45. The van der Waals surface area contributed by atoms with Gasteiger partial charge in [-0.15, -0.1) is 0 Å². The van der Waals surface area contributed by atoms with Gasteiger partial charge in [0.2, 0.25) is 0 Å². The van der Waals surface area contributed by atoms with E-state index in [4.69, 9.17) is 23.2 Å². The van der Waals surface area contributed by atoms with Gasteiger partial charge in [-0.05, 0) is 54.6 Å². The molecule has 0 bridgehead atoms. The van der Waals surface area contributed by atoms with E-state index in [0.29, 0.717) is 44.2 Å². The van der Waals surface area contributed by atoms with Crippen LogP contribution in [0.15, 0.2) is 21.7 Å². The van der Waals surface area contributed by atoms with Crippen molar-refractivity contribution in [2.45, 2.75) is 32.2 Å². The van der Waals surface area contributed by atoms with E-state index < -0.39 is 0 Å². The quantitative estimate of drug-likeness (QED) is 0.915. The largest absolute Gasteiger partial charge is 0.328 e. The van der Waals surface area contributed by atoms with Crippen molar-refractivity contribution in [1.29, 1.82) is 0 Å². The van der Waals surface area contributed by atoms with E-state index in [1.54, 1.807) is 6.07 Å². The first-order valence-corrected chi connectivity index (χ1v) is 8.36. The Balaban J connectivity index is 1.64. The minimum Gasteiger partial charge on any atom is -0.307 e. The topological polar surface area (TPSA) is 54.9 Å². The maximum atomic E-state index is 12.7. The van der Waals surface area contributed by atoms with Crippen molar-refractivity contribution in [3.8, 4) is 0 Å². The summed E-state index contributed by atoms with van der Waals surface area (Å²) < 4.78 is 1.35. The molecule has 1 aromatic heterocycles. The van der Waals surface area contributed by atoms with E-state index >= 15 is 0 Å². The van der Waals surface area contributed by atoms with Crippen molar-refractivity contribution in [2.75, 3.05) is 0 Å². The second-order valence-electron chi connectivity index (χ2n) is 7.02. The number of H-pyrrole nitrogens is 1. The fourth-order valence-electron chi connectivity index (χ4n) is 4.75. The summed E-state index contributed by atoms with van der Waals surface area (Å²) in [4.78, 5) is 27.7. The monoisotopic (exact) mass is 336 g/mol. The Morgan fingerprint density at radius 2 is 1.68 bits per heavy atom. The van der Waals surface area contributed by atoms with Gasteiger partial charge in [-0.25, -0.2) is 4.79 Å². The number of aromatic nitrogens is 2. The summed E-state index contributed by atoms with van der Waals surface area (Å²) in [6.45, 7) is 0.532. The molecule has 1 heterocycles. The van der Waals surface area contributed by atoms with Crippen molar-refractivity contribution in [2.24, 2.45) is 16.7 Å². The maximum Gasteiger partial charge on any atom is 0.328 e. The van der Waals surface area contributed by atoms with E-state index in [9.17, 15) is 9.59 Å². The molecule has 2 spiro atoms. The lowest BCUT2D eigenvalue weighted by Gasteiger charge is -2.07. The zero-order valence-electron chi connectivity index (χ0n) is 11.8. The number of nitrogens with zero attached hydrogens (tertiary/aromatic N) is 1. The van der Waals surface area contributed by atoms with Crippen LogP contribution >= 0.6 is 23.2 Å². The molecule has 6 heteroatoms. The molecular formula is C16H14Cl2N2O2. The minimum absolute atomic E-state index is 0.268. The Morgan fingerprint density at radius 1 is 1.09 bits per heavy atom. The van der Waals surface area contributed by atoms with Gasteiger partial charge in [0, 0.05) is 6.54 Å². The highest BCUT2D eigenvalue weighted by Crippen LogP contribution is 2.92. The van der Waals surface area contributed by atoms with Gasteiger partial charge in [0.15, 0.2) is 0 Å². The predicted molar refractivity (Wildman–Crippen MR) is 85.7 cm³/mol. The lowest BCUT2D eigenvalue weighted by molar-refractivity contribution is 0.528. The highest BCUT2D eigenvalue weighted by Gasteiger charge is 2.86. The van der Waals surface area contributed by atoms with Crippen LogP contribution in [0.2, 0.25) is 10.0 Å². The van der Waals surface area contributed by atoms with Crippen LogP contribution in [0.1, 0.15) is 25.7 Å². The number of fused-ring (bicyclic) bond motifs is 2. The first-order chi connectivity index (χ1) is 10.5. The van der Waals surface area contributed by atoms with Crippen LogP contribution in [0.4, 0.5) is 0 Å². The van der Waals surface area contributed by atoms with Crippen LogP contribution in [-0.2, 0) is 6.54 Å². The molecule has 1 N–H and O–H groups in total. The fourth-order valence-corrected chi connectivity index (χ4v) is 5.08. The van der Waals surface area contributed by atoms with Gasteiger partial charge in [-0.1, -0.05) is 23.2 Å². The average molecular weight is 337 g/mol. The van der Waals surface area contributed by atoms with E-state index in [1.165, 1.54) is 36.3 Å². The van der Waals surface area contributed by atoms with Crippen molar-refractivity contribution >= 4 is 34.1 Å². The molecule has 0 amide bonds. The van der Waals surface area contributed by atoms with Crippen molar-refractivity contribution < 1.29 is 0 Å². The van der Waals surface area contributed by atoms with Gasteiger partial charge in [0.05, 0.1) is 20.9 Å². The van der Waals surface area contributed by atoms with Crippen LogP contribution in [0.5, 0.6) is 0 Å². The van der Waals surface area contributed by atoms with Crippen LogP contribution in [0, 0.1) is 16.7 Å². The second kappa shape index (κ2) is 3.80. The highest BCUT2D eigenvalue weighted by atomic mass is 35.5. The van der Waals surface area contributed by atoms with E-state index in [-0.39, 0.29) is 11.2 Å². The molecule has 0 aliphatic heterocycles. The third-order valence-corrected chi connectivity index (χ3v) is 6.93. The van der Waals surface area contributed by atoms with Gasteiger partial charge < -0.3 is 4.98 Å². The molecule has 0 saturated heterocycles. The maximum absolute atomic E-state index is 12.7. The lowest BCUT2D eigenvalue weighted by atomic mass is 10.2. The number of benzene rings is 1. The number of halogens is 2. The van der Waals surface area contributed by atoms with Gasteiger partial charge in [0.25, 0.3) is 5.56 Å².